The van der Waals surface area contributed by atoms with E-state index in [1.54, 1.807) is 0 Å². The monoisotopic (exact) mass is 466 g/mol. The summed E-state index contributed by atoms with van der Waals surface area (Å²) in [6.07, 6.45) is 1.34. The first-order valence-electron chi connectivity index (χ1n) is 8.89. The van der Waals surface area contributed by atoms with Crippen LogP contribution in [0.25, 0.3) is 0 Å². The van der Waals surface area contributed by atoms with Crippen molar-refractivity contribution in [1.82, 2.24) is 0 Å². The summed E-state index contributed by atoms with van der Waals surface area (Å²) in [6, 6.07) is 3.65. The number of halogens is 1. The van der Waals surface area contributed by atoms with E-state index in [1.807, 2.05) is 0 Å². The van der Waals surface area contributed by atoms with Gasteiger partial charge in [0.15, 0.2) is 0 Å². The van der Waals surface area contributed by atoms with Crippen molar-refractivity contribution in [3.05, 3.63) is 38.4 Å². The highest BCUT2D eigenvalue weighted by atomic mass is 127. The summed E-state index contributed by atoms with van der Waals surface area (Å²) in [6.45, 7) is 0. The van der Waals surface area contributed by atoms with Crippen molar-refractivity contribution in [2.75, 3.05) is 5.43 Å². The zero-order valence-corrected chi connectivity index (χ0v) is 15.6. The van der Waals surface area contributed by atoms with Gasteiger partial charge in [-0.25, -0.2) is 0 Å². The number of hydrogen-bond acceptors (Lipinski definition) is 6. The predicted molar refractivity (Wildman–Crippen MR) is 101 cm³/mol. The lowest BCUT2D eigenvalue weighted by molar-refractivity contribution is -0.393. The third-order valence-electron chi connectivity index (χ3n) is 7.73. The van der Waals surface area contributed by atoms with Crippen LogP contribution in [0.4, 0.5) is 17.1 Å². The molecule has 1 aromatic carbocycles. The Morgan fingerprint density at radius 3 is 2.50 bits per heavy atom. The van der Waals surface area contributed by atoms with Crippen LogP contribution in [0.1, 0.15) is 6.42 Å². The number of nitro groups is 2. The first kappa shape index (κ1) is 15.3. The van der Waals surface area contributed by atoms with Gasteiger partial charge in [0.1, 0.15) is 5.69 Å². The number of rotatable bonds is 4. The summed E-state index contributed by atoms with van der Waals surface area (Å²) < 4.78 is 0.758. The van der Waals surface area contributed by atoms with Crippen molar-refractivity contribution in [1.29, 1.82) is 0 Å². The van der Waals surface area contributed by atoms with E-state index < -0.39 is 9.85 Å². The minimum absolute atomic E-state index is 0.220. The highest BCUT2D eigenvalue weighted by Crippen LogP contribution is 2.82. The Balaban J connectivity index is 1.35. The molecule has 6 fully saturated rings. The molecule has 26 heavy (non-hydrogen) atoms. The maximum Gasteiger partial charge on any atom is 0.301 e. The molecule has 1 N–H and O–H groups in total. The Hall–Kier alpha value is -1.78. The summed E-state index contributed by atoms with van der Waals surface area (Å²) in [5.74, 6) is 5.89. The van der Waals surface area contributed by atoms with Gasteiger partial charge in [-0.3, -0.25) is 25.7 Å². The van der Waals surface area contributed by atoms with Gasteiger partial charge in [0.05, 0.1) is 15.9 Å². The third kappa shape index (κ3) is 1.55. The SMILES string of the molecule is O=[N+]([O-])c1ccc(N/N=C2/[C@H]3[C@H]4C[C@H]5[C@H]3[C@@H]3[C@@H](I)[C@@H]5[C@H]4[C@@H]23)c([N+](=O)[O-])c1. The van der Waals surface area contributed by atoms with Crippen LogP contribution in [-0.2, 0) is 0 Å². The van der Waals surface area contributed by atoms with E-state index in [9.17, 15) is 20.2 Å². The largest absolute Gasteiger partial charge is 0.301 e. The zero-order chi connectivity index (χ0) is 17.9. The molecule has 8 nitrogen and oxygen atoms in total. The van der Waals surface area contributed by atoms with Crippen molar-refractivity contribution in [2.45, 2.75) is 10.3 Å². The van der Waals surface area contributed by atoms with Crippen LogP contribution >= 0.6 is 22.6 Å². The summed E-state index contributed by atoms with van der Waals surface area (Å²) >= 11 is 2.65. The first-order chi connectivity index (χ1) is 12.5. The smallest absolute Gasteiger partial charge is 0.272 e. The van der Waals surface area contributed by atoms with Crippen molar-refractivity contribution < 1.29 is 9.85 Å². The third-order valence-corrected chi connectivity index (χ3v) is 9.40. The molecule has 6 bridgehead atoms. The molecule has 0 unspecified atom stereocenters. The average Bonchev–Trinajstić information content (AvgIpc) is 3.35. The number of non-ortho nitro benzene ring substituents is 1. The Morgan fingerprint density at radius 2 is 1.81 bits per heavy atom. The van der Waals surface area contributed by atoms with Gasteiger partial charge in [-0.1, -0.05) is 22.6 Å². The number of benzene rings is 1. The molecule has 6 aliphatic carbocycles. The van der Waals surface area contributed by atoms with Crippen LogP contribution in [0, 0.1) is 67.6 Å². The lowest BCUT2D eigenvalue weighted by Crippen LogP contribution is -2.30. The molecule has 0 spiro atoms. The molecule has 0 saturated heterocycles. The zero-order valence-electron chi connectivity index (χ0n) is 13.5. The van der Waals surface area contributed by atoms with E-state index in [-0.39, 0.29) is 17.1 Å². The molecule has 0 aromatic heterocycles. The van der Waals surface area contributed by atoms with E-state index in [2.05, 4.69) is 33.1 Å². The van der Waals surface area contributed by atoms with Crippen LogP contribution in [0.3, 0.4) is 0 Å². The molecule has 6 aliphatic rings. The Morgan fingerprint density at radius 1 is 1.04 bits per heavy atom. The van der Waals surface area contributed by atoms with Gasteiger partial charge in [0.25, 0.3) is 5.69 Å². The van der Waals surface area contributed by atoms with Crippen molar-refractivity contribution >= 4 is 45.4 Å². The van der Waals surface area contributed by atoms with Crippen molar-refractivity contribution in [3.8, 4) is 0 Å². The van der Waals surface area contributed by atoms with E-state index >= 15 is 0 Å². The van der Waals surface area contributed by atoms with Crippen molar-refractivity contribution in [2.24, 2.45) is 52.4 Å². The molecule has 0 radical (unpaired) electrons. The molecule has 0 heterocycles. The quantitative estimate of drug-likeness (QED) is 0.316. The van der Waals surface area contributed by atoms with Crippen LogP contribution in [0.2, 0.25) is 0 Å². The second-order valence-corrected chi connectivity index (χ2v) is 9.67. The van der Waals surface area contributed by atoms with Gasteiger partial charge in [0, 0.05) is 27.5 Å². The average molecular weight is 466 g/mol. The fourth-order valence-corrected chi connectivity index (χ4v) is 9.32. The van der Waals surface area contributed by atoms with Gasteiger partial charge >= 0.3 is 5.69 Å². The van der Waals surface area contributed by atoms with Gasteiger partial charge in [-0.2, -0.15) is 5.10 Å². The van der Waals surface area contributed by atoms with Crippen LogP contribution < -0.4 is 5.43 Å². The molecule has 9 atom stereocenters. The second kappa shape index (κ2) is 4.73. The van der Waals surface area contributed by atoms with Crippen LogP contribution in [-0.4, -0.2) is 19.5 Å². The fourth-order valence-electron chi connectivity index (χ4n) is 7.38. The normalized spacial score (nSPS) is 46.8. The number of hydrazone groups is 1. The van der Waals surface area contributed by atoms with Gasteiger partial charge < -0.3 is 0 Å². The Kier molecular flexibility index (Phi) is 2.78. The van der Waals surface area contributed by atoms with Gasteiger partial charge in [-0.05, 0) is 48.0 Å². The Labute approximate surface area is 161 Å². The lowest BCUT2D eigenvalue weighted by atomic mass is 9.71. The molecular formula is C17H15IN4O4. The number of nitrogens with zero attached hydrogens (tertiary/aromatic N) is 3. The minimum atomic E-state index is -0.626. The van der Waals surface area contributed by atoms with Gasteiger partial charge in [-0.15, -0.1) is 0 Å². The number of anilines is 1. The molecule has 1 aromatic rings. The molecule has 7 rings (SSSR count). The summed E-state index contributed by atoms with van der Waals surface area (Å²) in [5, 5.41) is 26.8. The lowest BCUT2D eigenvalue weighted by Gasteiger charge is -2.32. The molecule has 9 heteroatoms. The number of nitrogens with one attached hydrogen (secondary N) is 1. The highest BCUT2D eigenvalue weighted by molar-refractivity contribution is 14.1. The summed E-state index contributed by atoms with van der Waals surface area (Å²) in [7, 11) is 0. The van der Waals surface area contributed by atoms with E-state index in [1.165, 1.54) is 24.3 Å². The van der Waals surface area contributed by atoms with E-state index in [0.29, 0.717) is 11.8 Å². The molecule has 0 aliphatic heterocycles. The highest BCUT2D eigenvalue weighted by Gasteiger charge is 2.82. The Bertz CT molecular complexity index is 918. The van der Waals surface area contributed by atoms with Gasteiger partial charge in [0.2, 0.25) is 0 Å². The predicted octanol–water partition coefficient (Wildman–Crippen LogP) is 3.46. The number of alkyl halides is 1. The fraction of sp³-hybridized carbons (Fsp3) is 0.588. The van der Waals surface area contributed by atoms with Crippen LogP contribution in [0.15, 0.2) is 23.3 Å². The van der Waals surface area contributed by atoms with E-state index in [4.69, 9.17) is 0 Å². The molecule has 6 saturated carbocycles. The maximum absolute atomic E-state index is 11.3. The topological polar surface area (TPSA) is 111 Å². The molecule has 0 amide bonds. The summed E-state index contributed by atoms with van der Waals surface area (Å²) in [5.41, 5.74) is 3.72. The number of hydrogen-bond donors (Lipinski definition) is 1. The second-order valence-electron chi connectivity index (χ2n) is 8.23. The van der Waals surface area contributed by atoms with Crippen LogP contribution in [0.5, 0.6) is 0 Å². The standard InChI is InChI=1S/C17H15IN4O4/c18-16-12-6-4-7-10(12)15-14(16)11(6)13(7)17(15)20-19-8-2-1-5(21(23)24)3-9(8)22(25)26/h1-3,6-7,10-16,19H,4H2/b20-17-/t6-,7-,10-,11+,12-,13-,14-,15+,16-/m0/s1. The number of nitro benzene ring substituents is 2. The van der Waals surface area contributed by atoms with Crippen molar-refractivity contribution in [3.63, 3.8) is 0 Å². The molecule has 134 valence electrons. The molecular weight excluding hydrogens is 451 g/mol. The minimum Gasteiger partial charge on any atom is -0.272 e. The summed E-state index contributed by atoms with van der Waals surface area (Å²) in [4.78, 5) is 20.9. The maximum atomic E-state index is 11.3. The van der Waals surface area contributed by atoms with E-state index in [0.717, 1.165) is 45.5 Å². The first-order valence-corrected chi connectivity index (χ1v) is 10.1.